The minimum absolute atomic E-state index is 0.261. The number of carbonyl (C=O) groups excluding carboxylic acids is 2. The van der Waals surface area contributed by atoms with E-state index in [1.165, 1.54) is 6.92 Å². The van der Waals surface area contributed by atoms with E-state index in [2.05, 4.69) is 5.16 Å². The maximum absolute atomic E-state index is 12.3. The van der Waals surface area contributed by atoms with Crippen LogP contribution in [0, 0.1) is 13.8 Å². The van der Waals surface area contributed by atoms with Crippen LogP contribution in [0.2, 0.25) is 0 Å². The lowest BCUT2D eigenvalue weighted by molar-refractivity contribution is 0.0316. The van der Waals surface area contributed by atoms with Crippen LogP contribution in [0.3, 0.4) is 0 Å². The van der Waals surface area contributed by atoms with E-state index in [9.17, 15) is 9.59 Å². The van der Waals surface area contributed by atoms with Crippen molar-refractivity contribution >= 4 is 11.8 Å². The summed E-state index contributed by atoms with van der Waals surface area (Å²) in [7, 11) is 0. The highest BCUT2D eigenvalue weighted by Crippen LogP contribution is 2.17. The van der Waals surface area contributed by atoms with Crippen molar-refractivity contribution in [2.24, 2.45) is 0 Å². The largest absolute Gasteiger partial charge is 0.494 e. The standard InChI is InChI=1S/C17H19NO5/c1-5-21-14-8-6-13(7-9-14)16(19)12(4)22-17(20)15-10(2)18-23-11(15)3/h6-9,12H,5H2,1-4H3/t12-/m1/s1. The number of hydrogen-bond acceptors (Lipinski definition) is 6. The van der Waals surface area contributed by atoms with Gasteiger partial charge in [0, 0.05) is 5.56 Å². The normalized spacial score (nSPS) is 11.8. The molecular weight excluding hydrogens is 298 g/mol. The molecule has 23 heavy (non-hydrogen) atoms. The molecule has 1 aromatic heterocycles. The van der Waals surface area contributed by atoms with Gasteiger partial charge in [-0.1, -0.05) is 5.16 Å². The Balaban J connectivity index is 2.06. The quantitative estimate of drug-likeness (QED) is 0.601. The summed E-state index contributed by atoms with van der Waals surface area (Å²) in [5, 5.41) is 3.70. The summed E-state index contributed by atoms with van der Waals surface area (Å²) >= 11 is 0. The van der Waals surface area contributed by atoms with Crippen LogP contribution in [-0.2, 0) is 4.74 Å². The highest BCUT2D eigenvalue weighted by molar-refractivity contribution is 6.01. The van der Waals surface area contributed by atoms with Crippen molar-refractivity contribution in [1.82, 2.24) is 5.16 Å². The Kier molecular flexibility index (Phi) is 5.16. The fourth-order valence-electron chi connectivity index (χ4n) is 2.16. The van der Waals surface area contributed by atoms with E-state index in [4.69, 9.17) is 14.0 Å². The average Bonchev–Trinajstić information content (AvgIpc) is 2.86. The number of carbonyl (C=O) groups is 2. The molecule has 0 radical (unpaired) electrons. The second kappa shape index (κ2) is 7.09. The molecule has 0 aliphatic rings. The Morgan fingerprint density at radius 2 is 1.87 bits per heavy atom. The van der Waals surface area contributed by atoms with E-state index in [-0.39, 0.29) is 11.3 Å². The molecule has 0 saturated heterocycles. The molecule has 0 N–H and O–H groups in total. The minimum atomic E-state index is -0.908. The lowest BCUT2D eigenvalue weighted by Gasteiger charge is -2.12. The second-order valence-corrected chi connectivity index (χ2v) is 5.07. The van der Waals surface area contributed by atoms with Crippen molar-refractivity contribution < 1.29 is 23.6 Å². The molecular formula is C17H19NO5. The molecule has 0 bridgehead atoms. The third-order valence-corrected chi connectivity index (χ3v) is 3.34. The number of ketones is 1. The first-order valence-electron chi connectivity index (χ1n) is 7.35. The molecule has 2 aromatic rings. The van der Waals surface area contributed by atoms with Crippen LogP contribution in [0.25, 0.3) is 0 Å². The summed E-state index contributed by atoms with van der Waals surface area (Å²) in [4.78, 5) is 24.5. The Bertz CT molecular complexity index is 683. The molecule has 1 aromatic carbocycles. The van der Waals surface area contributed by atoms with Crippen LogP contribution in [-0.4, -0.2) is 29.6 Å². The lowest BCUT2D eigenvalue weighted by Crippen LogP contribution is -2.24. The second-order valence-electron chi connectivity index (χ2n) is 5.07. The van der Waals surface area contributed by atoms with Gasteiger partial charge in [0.1, 0.15) is 17.1 Å². The Hall–Kier alpha value is -2.63. The van der Waals surface area contributed by atoms with Crippen LogP contribution < -0.4 is 4.74 Å². The van der Waals surface area contributed by atoms with E-state index < -0.39 is 12.1 Å². The fourth-order valence-corrected chi connectivity index (χ4v) is 2.16. The Labute approximate surface area is 134 Å². The average molecular weight is 317 g/mol. The summed E-state index contributed by atoms with van der Waals surface area (Å²) in [6.07, 6.45) is -0.908. The maximum atomic E-state index is 12.3. The monoisotopic (exact) mass is 317 g/mol. The molecule has 122 valence electrons. The first kappa shape index (κ1) is 16.7. The predicted molar refractivity (Wildman–Crippen MR) is 82.8 cm³/mol. The van der Waals surface area contributed by atoms with Crippen molar-refractivity contribution in [1.29, 1.82) is 0 Å². The topological polar surface area (TPSA) is 78.6 Å². The zero-order chi connectivity index (χ0) is 17.0. The van der Waals surface area contributed by atoms with Crippen LogP contribution in [0.4, 0.5) is 0 Å². The van der Waals surface area contributed by atoms with Crippen LogP contribution in [0.1, 0.15) is 46.0 Å². The number of esters is 1. The summed E-state index contributed by atoms with van der Waals surface area (Å²) in [5.74, 6) is 0.152. The Morgan fingerprint density at radius 3 is 2.39 bits per heavy atom. The van der Waals surface area contributed by atoms with Crippen molar-refractivity contribution in [2.75, 3.05) is 6.61 Å². The number of ether oxygens (including phenoxy) is 2. The highest BCUT2D eigenvalue weighted by Gasteiger charge is 2.24. The van der Waals surface area contributed by atoms with Crippen LogP contribution in [0.15, 0.2) is 28.8 Å². The minimum Gasteiger partial charge on any atom is -0.494 e. The molecule has 0 aliphatic heterocycles. The van der Waals surface area contributed by atoms with E-state index in [0.717, 1.165) is 0 Å². The van der Waals surface area contributed by atoms with Crippen molar-refractivity contribution in [2.45, 2.75) is 33.8 Å². The number of hydrogen-bond donors (Lipinski definition) is 0. The molecule has 1 atom stereocenters. The maximum Gasteiger partial charge on any atom is 0.344 e. The molecule has 0 aliphatic carbocycles. The van der Waals surface area contributed by atoms with Gasteiger partial charge in [-0.05, 0) is 52.0 Å². The number of Topliss-reactive ketones (excluding diaryl/α,β-unsaturated/α-hetero) is 1. The third-order valence-electron chi connectivity index (χ3n) is 3.34. The van der Waals surface area contributed by atoms with Gasteiger partial charge in [0.05, 0.1) is 12.3 Å². The van der Waals surface area contributed by atoms with Gasteiger partial charge in [0.2, 0.25) is 5.78 Å². The van der Waals surface area contributed by atoms with Crippen molar-refractivity contribution in [3.05, 3.63) is 46.8 Å². The third kappa shape index (κ3) is 3.77. The summed E-state index contributed by atoms with van der Waals surface area (Å²) in [6, 6.07) is 6.71. The lowest BCUT2D eigenvalue weighted by atomic mass is 10.1. The van der Waals surface area contributed by atoms with Crippen molar-refractivity contribution in [3.63, 3.8) is 0 Å². The number of nitrogens with zero attached hydrogens (tertiary/aromatic N) is 1. The summed E-state index contributed by atoms with van der Waals surface area (Å²) in [6.45, 7) is 7.24. The van der Waals surface area contributed by atoms with E-state index in [1.54, 1.807) is 38.1 Å². The molecule has 2 rings (SSSR count). The molecule has 0 spiro atoms. The van der Waals surface area contributed by atoms with Gasteiger partial charge < -0.3 is 14.0 Å². The summed E-state index contributed by atoms with van der Waals surface area (Å²) < 4.78 is 15.5. The smallest absolute Gasteiger partial charge is 0.344 e. The van der Waals surface area contributed by atoms with Gasteiger partial charge in [-0.3, -0.25) is 4.79 Å². The molecule has 0 unspecified atom stereocenters. The van der Waals surface area contributed by atoms with Crippen LogP contribution >= 0.6 is 0 Å². The zero-order valence-corrected chi connectivity index (χ0v) is 13.6. The zero-order valence-electron chi connectivity index (χ0n) is 13.6. The van der Waals surface area contributed by atoms with Gasteiger partial charge in [0.15, 0.2) is 6.10 Å². The molecule has 6 nitrogen and oxygen atoms in total. The predicted octanol–water partition coefficient (Wildman–Crippen LogP) is 3.12. The van der Waals surface area contributed by atoms with Gasteiger partial charge in [0.25, 0.3) is 0 Å². The Morgan fingerprint density at radius 1 is 1.22 bits per heavy atom. The number of aromatic nitrogens is 1. The molecule has 1 heterocycles. The highest BCUT2D eigenvalue weighted by atomic mass is 16.5. The number of rotatable bonds is 6. The first-order chi connectivity index (χ1) is 10.9. The molecule has 0 amide bonds. The fraction of sp³-hybridized carbons (Fsp3) is 0.353. The SMILES string of the molecule is CCOc1ccc(C(=O)[C@@H](C)OC(=O)c2c(C)noc2C)cc1. The number of aryl methyl sites for hydroxylation is 2. The molecule has 0 fully saturated rings. The van der Waals surface area contributed by atoms with E-state index >= 15 is 0 Å². The van der Waals surface area contributed by atoms with E-state index in [1.807, 2.05) is 6.92 Å². The van der Waals surface area contributed by atoms with E-state index in [0.29, 0.717) is 29.4 Å². The van der Waals surface area contributed by atoms with Gasteiger partial charge >= 0.3 is 5.97 Å². The van der Waals surface area contributed by atoms with Crippen LogP contribution in [0.5, 0.6) is 5.75 Å². The van der Waals surface area contributed by atoms with Gasteiger partial charge in [-0.2, -0.15) is 0 Å². The molecule has 6 heteroatoms. The van der Waals surface area contributed by atoms with Gasteiger partial charge in [-0.25, -0.2) is 4.79 Å². The molecule has 0 saturated carbocycles. The summed E-state index contributed by atoms with van der Waals surface area (Å²) in [5.41, 5.74) is 1.15. The van der Waals surface area contributed by atoms with Gasteiger partial charge in [-0.15, -0.1) is 0 Å². The van der Waals surface area contributed by atoms with Crippen molar-refractivity contribution in [3.8, 4) is 5.75 Å². The number of benzene rings is 1. The first-order valence-corrected chi connectivity index (χ1v) is 7.35.